The maximum atomic E-state index is 12.9. The highest BCUT2D eigenvalue weighted by Crippen LogP contribution is 2.25. The van der Waals surface area contributed by atoms with E-state index in [0.29, 0.717) is 25.5 Å². The summed E-state index contributed by atoms with van der Waals surface area (Å²) in [5, 5.41) is 3.18. The largest absolute Gasteiger partial charge is 0.403 e. The monoisotopic (exact) mass is 562 g/mol. The minimum atomic E-state index is -4.25. The zero-order valence-electron chi connectivity index (χ0n) is 17.4. The van der Waals surface area contributed by atoms with Gasteiger partial charge in [-0.2, -0.15) is 13.2 Å². The SMILES string of the molecule is CCC(CS(=O)(=O)c1ccccc1)NC(=NC)N1CCN(C(C)C(F)(F)F)CC1.I. The van der Waals surface area contributed by atoms with E-state index in [-0.39, 0.29) is 53.8 Å². The van der Waals surface area contributed by atoms with Crippen molar-refractivity contribution in [2.24, 2.45) is 4.99 Å². The van der Waals surface area contributed by atoms with Crippen LogP contribution in [0.2, 0.25) is 0 Å². The molecular weight excluding hydrogens is 532 g/mol. The maximum Gasteiger partial charge on any atom is 0.403 e. The molecule has 0 bridgehead atoms. The maximum absolute atomic E-state index is 12.9. The van der Waals surface area contributed by atoms with Gasteiger partial charge in [-0.1, -0.05) is 25.1 Å². The van der Waals surface area contributed by atoms with Crippen molar-refractivity contribution >= 4 is 39.8 Å². The van der Waals surface area contributed by atoms with Crippen molar-refractivity contribution in [2.45, 2.75) is 43.4 Å². The number of benzene rings is 1. The number of rotatable bonds is 6. The Morgan fingerprint density at radius 2 is 1.73 bits per heavy atom. The molecule has 1 aliphatic heterocycles. The molecule has 1 heterocycles. The van der Waals surface area contributed by atoms with E-state index >= 15 is 0 Å². The van der Waals surface area contributed by atoms with Crippen LogP contribution in [0.4, 0.5) is 13.2 Å². The van der Waals surface area contributed by atoms with Crippen molar-refractivity contribution in [3.63, 3.8) is 0 Å². The van der Waals surface area contributed by atoms with Gasteiger partial charge in [0.25, 0.3) is 0 Å². The Hall–Kier alpha value is -1.08. The van der Waals surface area contributed by atoms with E-state index in [1.165, 1.54) is 11.8 Å². The third-order valence-corrected chi connectivity index (χ3v) is 7.03. The summed E-state index contributed by atoms with van der Waals surface area (Å²) < 4.78 is 64.1. The molecule has 2 atom stereocenters. The van der Waals surface area contributed by atoms with Crippen molar-refractivity contribution in [2.75, 3.05) is 39.0 Å². The molecule has 1 fully saturated rings. The molecule has 2 unspecified atom stereocenters. The van der Waals surface area contributed by atoms with Gasteiger partial charge in [0.15, 0.2) is 15.8 Å². The molecule has 0 radical (unpaired) electrons. The smallest absolute Gasteiger partial charge is 0.352 e. The van der Waals surface area contributed by atoms with Crippen LogP contribution in [0.5, 0.6) is 0 Å². The third kappa shape index (κ3) is 7.26. The Balaban J connectivity index is 0.00000450. The molecule has 0 spiro atoms. The Bertz CT molecular complexity index is 783. The van der Waals surface area contributed by atoms with Crippen LogP contribution in [0.1, 0.15) is 20.3 Å². The normalized spacial score (nSPS) is 18.5. The lowest BCUT2D eigenvalue weighted by molar-refractivity contribution is -0.181. The van der Waals surface area contributed by atoms with E-state index in [1.54, 1.807) is 37.4 Å². The number of hydrogen-bond acceptors (Lipinski definition) is 4. The lowest BCUT2D eigenvalue weighted by Gasteiger charge is -2.40. The van der Waals surface area contributed by atoms with Gasteiger partial charge in [-0.3, -0.25) is 9.89 Å². The molecule has 6 nitrogen and oxygen atoms in total. The van der Waals surface area contributed by atoms with Gasteiger partial charge in [0.2, 0.25) is 0 Å². The van der Waals surface area contributed by atoms with Crippen LogP contribution in [0.3, 0.4) is 0 Å². The Morgan fingerprint density at radius 3 is 2.20 bits per heavy atom. The number of nitrogens with zero attached hydrogens (tertiary/aromatic N) is 3. The van der Waals surface area contributed by atoms with Crippen LogP contribution in [0, 0.1) is 0 Å². The highest BCUT2D eigenvalue weighted by molar-refractivity contribution is 14.0. The van der Waals surface area contributed by atoms with E-state index in [1.807, 2.05) is 11.8 Å². The fourth-order valence-corrected chi connectivity index (χ4v) is 4.87. The van der Waals surface area contributed by atoms with Gasteiger partial charge in [-0.25, -0.2) is 8.42 Å². The molecule has 0 amide bonds. The Kier molecular flexibility index (Phi) is 10.3. The van der Waals surface area contributed by atoms with Crippen molar-refractivity contribution in [3.8, 4) is 0 Å². The number of piperazine rings is 1. The van der Waals surface area contributed by atoms with Crippen molar-refractivity contribution in [3.05, 3.63) is 30.3 Å². The number of nitrogens with one attached hydrogen (secondary N) is 1. The lowest BCUT2D eigenvalue weighted by atomic mass is 10.2. The van der Waals surface area contributed by atoms with Crippen molar-refractivity contribution < 1.29 is 21.6 Å². The average molecular weight is 562 g/mol. The zero-order valence-corrected chi connectivity index (χ0v) is 20.5. The Morgan fingerprint density at radius 1 is 1.17 bits per heavy atom. The predicted octanol–water partition coefficient (Wildman–Crippen LogP) is 3.00. The van der Waals surface area contributed by atoms with E-state index < -0.39 is 22.1 Å². The molecule has 1 saturated heterocycles. The first kappa shape index (κ1) is 27.0. The van der Waals surface area contributed by atoms with Crippen molar-refractivity contribution in [1.82, 2.24) is 15.1 Å². The molecule has 172 valence electrons. The number of aliphatic imine (C=N–C) groups is 1. The first-order chi connectivity index (χ1) is 13.6. The van der Waals surface area contributed by atoms with E-state index in [9.17, 15) is 21.6 Å². The predicted molar refractivity (Wildman–Crippen MR) is 123 cm³/mol. The molecule has 1 aliphatic rings. The quantitative estimate of drug-likeness (QED) is 0.328. The summed E-state index contributed by atoms with van der Waals surface area (Å²) >= 11 is 0. The fraction of sp³-hybridized carbons (Fsp3) is 0.632. The number of hydrogen-bond donors (Lipinski definition) is 1. The van der Waals surface area contributed by atoms with E-state index in [4.69, 9.17) is 0 Å². The zero-order chi connectivity index (χ0) is 21.7. The first-order valence-electron chi connectivity index (χ1n) is 9.65. The number of guanidine groups is 1. The third-order valence-electron chi connectivity index (χ3n) is 5.20. The summed E-state index contributed by atoms with van der Waals surface area (Å²) in [6.07, 6.45) is -3.68. The minimum absolute atomic E-state index is 0. The summed E-state index contributed by atoms with van der Waals surface area (Å²) in [5.41, 5.74) is 0. The van der Waals surface area contributed by atoms with Crippen LogP contribution < -0.4 is 5.32 Å². The topological polar surface area (TPSA) is 65.0 Å². The summed E-state index contributed by atoms with van der Waals surface area (Å²) in [6.45, 7) is 4.36. The summed E-state index contributed by atoms with van der Waals surface area (Å²) in [5.74, 6) is 0.428. The Labute approximate surface area is 193 Å². The molecule has 0 aliphatic carbocycles. The van der Waals surface area contributed by atoms with Gasteiger partial charge in [0.05, 0.1) is 10.6 Å². The highest BCUT2D eigenvalue weighted by atomic mass is 127. The van der Waals surface area contributed by atoms with Gasteiger partial charge in [-0.15, -0.1) is 24.0 Å². The number of halogens is 4. The molecule has 0 saturated carbocycles. The van der Waals surface area contributed by atoms with Crippen LogP contribution in [-0.2, 0) is 9.84 Å². The van der Waals surface area contributed by atoms with E-state index in [0.717, 1.165) is 0 Å². The molecule has 0 aromatic heterocycles. The second-order valence-electron chi connectivity index (χ2n) is 7.13. The number of sulfone groups is 1. The van der Waals surface area contributed by atoms with Gasteiger partial charge in [0, 0.05) is 39.3 Å². The van der Waals surface area contributed by atoms with Gasteiger partial charge in [-0.05, 0) is 25.5 Å². The summed E-state index contributed by atoms with van der Waals surface area (Å²) in [4.78, 5) is 7.76. The molecule has 11 heteroatoms. The van der Waals surface area contributed by atoms with Gasteiger partial charge < -0.3 is 10.2 Å². The minimum Gasteiger partial charge on any atom is -0.352 e. The summed E-state index contributed by atoms with van der Waals surface area (Å²) in [7, 11) is -1.87. The molecule has 1 aromatic rings. The first-order valence-corrected chi connectivity index (χ1v) is 11.3. The second-order valence-corrected chi connectivity index (χ2v) is 9.17. The van der Waals surface area contributed by atoms with E-state index in [2.05, 4.69) is 10.3 Å². The molecular formula is C19H30F3IN4O2S. The number of alkyl halides is 3. The van der Waals surface area contributed by atoms with Crippen molar-refractivity contribution in [1.29, 1.82) is 0 Å². The molecule has 1 aromatic carbocycles. The highest BCUT2D eigenvalue weighted by Gasteiger charge is 2.41. The van der Waals surface area contributed by atoms with Crippen LogP contribution in [-0.4, -0.2) is 81.4 Å². The second kappa shape index (κ2) is 11.5. The van der Waals surface area contributed by atoms with Crippen LogP contribution in [0.25, 0.3) is 0 Å². The summed E-state index contributed by atoms with van der Waals surface area (Å²) in [6, 6.07) is 6.42. The van der Waals surface area contributed by atoms with Crippen LogP contribution in [0.15, 0.2) is 40.2 Å². The molecule has 30 heavy (non-hydrogen) atoms. The van der Waals surface area contributed by atoms with Gasteiger partial charge in [0.1, 0.15) is 6.04 Å². The standard InChI is InChI=1S/C19H29F3N4O2S.HI/c1-4-16(14-29(27,28)17-8-6-5-7-9-17)24-18(23-3)26-12-10-25(11-13-26)15(2)19(20,21)22;/h5-9,15-16H,4,10-14H2,1-3H3,(H,23,24);1H. The fourth-order valence-electron chi connectivity index (χ4n) is 3.26. The lowest BCUT2D eigenvalue weighted by Crippen LogP contribution is -2.58. The van der Waals surface area contributed by atoms with Gasteiger partial charge >= 0.3 is 6.18 Å². The molecule has 2 rings (SSSR count). The van der Waals surface area contributed by atoms with Crippen LogP contribution >= 0.6 is 24.0 Å². The molecule has 1 N–H and O–H groups in total. The average Bonchev–Trinajstić information content (AvgIpc) is 2.70.